The van der Waals surface area contributed by atoms with Gasteiger partial charge in [-0.25, -0.2) is 0 Å². The second-order valence-electron chi connectivity index (χ2n) is 5.73. The van der Waals surface area contributed by atoms with E-state index < -0.39 is 11.7 Å². The number of ether oxygens (including phenoxy) is 1. The fourth-order valence-corrected chi connectivity index (χ4v) is 2.22. The molecule has 0 heterocycles. The Bertz CT molecular complexity index is 868. The Balaban J connectivity index is 1.67. The number of rotatable bonds is 7. The zero-order valence-corrected chi connectivity index (χ0v) is 14.9. The molecule has 1 N–H and O–H groups in total. The number of benzene rings is 2. The third-order valence-electron chi connectivity index (χ3n) is 3.65. The van der Waals surface area contributed by atoms with Crippen LogP contribution < -0.4 is 10.1 Å². The average Bonchev–Trinajstić information content (AvgIpc) is 2.69. The SMILES string of the molecule is O=C(CCC(=O)c1ccccc1)NCC#CCOc1cccc(C(F)(F)F)c1. The predicted molar refractivity (Wildman–Crippen MR) is 97.7 cm³/mol. The quantitative estimate of drug-likeness (QED) is 0.578. The number of nitrogens with one attached hydrogen (secondary N) is 1. The molecular formula is C21H18F3NO3. The second kappa shape index (κ2) is 10.2. The molecule has 1 amide bonds. The molecular weight excluding hydrogens is 371 g/mol. The third-order valence-corrected chi connectivity index (χ3v) is 3.65. The van der Waals surface area contributed by atoms with Gasteiger partial charge in [0.05, 0.1) is 12.1 Å². The summed E-state index contributed by atoms with van der Waals surface area (Å²) in [7, 11) is 0. The molecule has 4 nitrogen and oxygen atoms in total. The summed E-state index contributed by atoms with van der Waals surface area (Å²) in [6.45, 7) is -0.0476. The van der Waals surface area contributed by atoms with Crippen molar-refractivity contribution in [1.29, 1.82) is 0 Å². The Labute approximate surface area is 160 Å². The molecule has 0 radical (unpaired) electrons. The normalized spacial score (nSPS) is 10.5. The van der Waals surface area contributed by atoms with Crippen LogP contribution in [0.3, 0.4) is 0 Å². The highest BCUT2D eigenvalue weighted by atomic mass is 19.4. The van der Waals surface area contributed by atoms with Crippen LogP contribution in [0.5, 0.6) is 5.75 Å². The molecule has 7 heteroatoms. The maximum Gasteiger partial charge on any atom is 0.416 e. The summed E-state index contributed by atoms with van der Waals surface area (Å²) < 4.78 is 42.9. The molecule has 0 atom stereocenters. The number of ketones is 1. The van der Waals surface area contributed by atoms with Crippen molar-refractivity contribution in [2.45, 2.75) is 19.0 Å². The molecule has 0 fully saturated rings. The van der Waals surface area contributed by atoms with Gasteiger partial charge in [0, 0.05) is 18.4 Å². The third kappa shape index (κ3) is 7.16. The van der Waals surface area contributed by atoms with Crippen LogP contribution in [0.4, 0.5) is 13.2 Å². The smallest absolute Gasteiger partial charge is 0.416 e. The van der Waals surface area contributed by atoms with Crippen molar-refractivity contribution < 1.29 is 27.5 Å². The topological polar surface area (TPSA) is 55.4 Å². The second-order valence-corrected chi connectivity index (χ2v) is 5.73. The van der Waals surface area contributed by atoms with Gasteiger partial charge in [0.2, 0.25) is 5.91 Å². The summed E-state index contributed by atoms with van der Waals surface area (Å²) in [6, 6.07) is 13.2. The first kappa shape index (κ1) is 21.0. The summed E-state index contributed by atoms with van der Waals surface area (Å²) in [5.41, 5.74) is -0.239. The number of Topliss-reactive ketones (excluding diaryl/α,β-unsaturated/α-hetero) is 1. The van der Waals surface area contributed by atoms with Gasteiger partial charge in [-0.1, -0.05) is 48.2 Å². The van der Waals surface area contributed by atoms with Gasteiger partial charge in [-0.2, -0.15) is 13.2 Å². The van der Waals surface area contributed by atoms with E-state index in [1.54, 1.807) is 30.3 Å². The van der Waals surface area contributed by atoms with Gasteiger partial charge >= 0.3 is 6.18 Å². The highest BCUT2D eigenvalue weighted by Crippen LogP contribution is 2.31. The minimum Gasteiger partial charge on any atom is -0.481 e. The van der Waals surface area contributed by atoms with Crippen LogP contribution in [0.25, 0.3) is 0 Å². The Morgan fingerprint density at radius 3 is 2.43 bits per heavy atom. The lowest BCUT2D eigenvalue weighted by Crippen LogP contribution is -2.24. The van der Waals surface area contributed by atoms with Crippen molar-refractivity contribution in [2.24, 2.45) is 0 Å². The van der Waals surface area contributed by atoms with E-state index in [2.05, 4.69) is 17.2 Å². The summed E-state index contributed by atoms with van der Waals surface area (Å²) in [5, 5.41) is 2.55. The first-order valence-electron chi connectivity index (χ1n) is 8.47. The van der Waals surface area contributed by atoms with Crippen molar-refractivity contribution >= 4 is 11.7 Å². The van der Waals surface area contributed by atoms with E-state index in [9.17, 15) is 22.8 Å². The van der Waals surface area contributed by atoms with Gasteiger partial charge in [-0.05, 0) is 18.2 Å². The Kier molecular flexibility index (Phi) is 7.64. The molecule has 0 spiro atoms. The van der Waals surface area contributed by atoms with E-state index in [1.807, 2.05) is 0 Å². The maximum atomic E-state index is 12.6. The van der Waals surface area contributed by atoms with E-state index in [-0.39, 0.29) is 43.4 Å². The van der Waals surface area contributed by atoms with Crippen molar-refractivity contribution in [1.82, 2.24) is 5.32 Å². The van der Waals surface area contributed by atoms with Crippen LogP contribution in [-0.4, -0.2) is 24.8 Å². The molecule has 0 aromatic heterocycles. The standard InChI is InChI=1S/C21H18F3NO3/c22-21(23,24)17-9-6-10-18(15-17)28-14-5-4-13-25-20(27)12-11-19(26)16-7-2-1-3-8-16/h1-3,6-10,15H,11-14H2,(H,25,27). The van der Waals surface area contributed by atoms with Crippen molar-refractivity contribution in [2.75, 3.05) is 13.2 Å². The number of halogens is 3. The lowest BCUT2D eigenvalue weighted by molar-refractivity contribution is -0.137. The van der Waals surface area contributed by atoms with E-state index in [1.165, 1.54) is 12.1 Å². The van der Waals surface area contributed by atoms with Gasteiger partial charge in [0.25, 0.3) is 0 Å². The van der Waals surface area contributed by atoms with Crippen LogP contribution in [0, 0.1) is 11.8 Å². The minimum absolute atomic E-state index is 0.0517. The van der Waals surface area contributed by atoms with Gasteiger partial charge < -0.3 is 10.1 Å². The van der Waals surface area contributed by atoms with Crippen molar-refractivity contribution in [3.63, 3.8) is 0 Å². The lowest BCUT2D eigenvalue weighted by Gasteiger charge is -2.08. The molecule has 2 rings (SSSR count). The number of hydrogen-bond donors (Lipinski definition) is 1. The van der Waals surface area contributed by atoms with Crippen molar-refractivity contribution in [3.05, 3.63) is 65.7 Å². The molecule has 28 heavy (non-hydrogen) atoms. The summed E-state index contributed by atoms with van der Waals surface area (Å²) in [5.74, 6) is 4.88. The number of carbonyl (C=O) groups is 2. The molecule has 0 saturated carbocycles. The highest BCUT2D eigenvalue weighted by molar-refractivity contribution is 5.97. The Morgan fingerprint density at radius 2 is 1.71 bits per heavy atom. The average molecular weight is 389 g/mol. The maximum absolute atomic E-state index is 12.6. The molecule has 0 aliphatic carbocycles. The number of carbonyl (C=O) groups excluding carboxylic acids is 2. The summed E-state index contributed by atoms with van der Waals surface area (Å²) in [6.07, 6.45) is -4.28. The van der Waals surface area contributed by atoms with Crippen LogP contribution in [0.15, 0.2) is 54.6 Å². The molecule has 0 unspecified atom stereocenters. The highest BCUT2D eigenvalue weighted by Gasteiger charge is 2.30. The molecule has 0 saturated heterocycles. The van der Waals surface area contributed by atoms with Crippen LogP contribution >= 0.6 is 0 Å². The van der Waals surface area contributed by atoms with Gasteiger partial charge in [-0.3, -0.25) is 9.59 Å². The van der Waals surface area contributed by atoms with E-state index >= 15 is 0 Å². The first-order valence-corrected chi connectivity index (χ1v) is 8.47. The Morgan fingerprint density at radius 1 is 0.964 bits per heavy atom. The van der Waals surface area contributed by atoms with Crippen molar-refractivity contribution in [3.8, 4) is 17.6 Å². The van der Waals surface area contributed by atoms with E-state index in [0.717, 1.165) is 12.1 Å². The largest absolute Gasteiger partial charge is 0.481 e. The van der Waals surface area contributed by atoms with Gasteiger partial charge in [-0.15, -0.1) is 0 Å². The molecule has 0 bridgehead atoms. The zero-order valence-electron chi connectivity index (χ0n) is 14.9. The molecule has 0 aliphatic rings. The summed E-state index contributed by atoms with van der Waals surface area (Å²) >= 11 is 0. The Hall–Kier alpha value is -3.27. The van der Waals surface area contributed by atoms with Gasteiger partial charge in [0.15, 0.2) is 5.78 Å². The number of hydrogen-bond acceptors (Lipinski definition) is 3. The molecule has 2 aromatic carbocycles. The monoisotopic (exact) mass is 389 g/mol. The van der Waals surface area contributed by atoms with E-state index in [4.69, 9.17) is 4.74 Å². The molecule has 0 aliphatic heterocycles. The zero-order chi connectivity index (χ0) is 20.4. The number of alkyl halides is 3. The van der Waals surface area contributed by atoms with Gasteiger partial charge in [0.1, 0.15) is 12.4 Å². The fraction of sp³-hybridized carbons (Fsp3) is 0.238. The fourth-order valence-electron chi connectivity index (χ4n) is 2.22. The van der Waals surface area contributed by atoms with Crippen LogP contribution in [0.1, 0.15) is 28.8 Å². The number of amides is 1. The van der Waals surface area contributed by atoms with Crippen LogP contribution in [0.2, 0.25) is 0 Å². The van der Waals surface area contributed by atoms with Crippen LogP contribution in [-0.2, 0) is 11.0 Å². The predicted octanol–water partition coefficient (Wildman–Crippen LogP) is 3.87. The minimum atomic E-state index is -4.43. The molecule has 2 aromatic rings. The summed E-state index contributed by atoms with van der Waals surface area (Å²) in [4.78, 5) is 23.6. The molecule has 146 valence electrons. The first-order chi connectivity index (χ1) is 13.4. The lowest BCUT2D eigenvalue weighted by atomic mass is 10.1. The van der Waals surface area contributed by atoms with E-state index in [0.29, 0.717) is 5.56 Å².